The Hall–Kier alpha value is -3.61. The lowest BCUT2D eigenvalue weighted by atomic mass is 10.0. The van der Waals surface area contributed by atoms with Crippen molar-refractivity contribution in [2.45, 2.75) is 20.0 Å². The highest BCUT2D eigenvalue weighted by Gasteiger charge is 2.22. The second-order valence-electron chi connectivity index (χ2n) is 9.07. The zero-order valence-corrected chi connectivity index (χ0v) is 20.2. The maximum atomic E-state index is 13.5. The zero-order valence-electron chi connectivity index (χ0n) is 20.2. The molecule has 180 valence electrons. The summed E-state index contributed by atoms with van der Waals surface area (Å²) < 4.78 is 11.4. The van der Waals surface area contributed by atoms with Gasteiger partial charge in [-0.25, -0.2) is 0 Å². The molecule has 5 rings (SSSR count). The molecule has 35 heavy (non-hydrogen) atoms. The fraction of sp³-hybridized carbons (Fsp3) is 0.276. The van der Waals surface area contributed by atoms with E-state index in [9.17, 15) is 9.90 Å². The summed E-state index contributed by atoms with van der Waals surface area (Å²) in [6.45, 7) is 6.95. The van der Waals surface area contributed by atoms with Crippen LogP contribution in [0.25, 0.3) is 22.1 Å². The number of phenols is 1. The predicted octanol–water partition coefficient (Wildman–Crippen LogP) is 4.80. The first-order chi connectivity index (χ1) is 17.0. The molecule has 0 unspecified atom stereocenters. The Kier molecular flexibility index (Phi) is 6.57. The van der Waals surface area contributed by atoms with Crippen molar-refractivity contribution in [2.75, 3.05) is 33.3 Å². The number of benzene rings is 3. The Labute approximate surface area is 205 Å². The molecule has 0 atom stereocenters. The van der Waals surface area contributed by atoms with Crippen molar-refractivity contribution in [1.29, 1.82) is 0 Å². The van der Waals surface area contributed by atoms with Crippen LogP contribution in [0, 0.1) is 6.92 Å². The van der Waals surface area contributed by atoms with E-state index < -0.39 is 0 Å². The van der Waals surface area contributed by atoms with Crippen molar-refractivity contribution >= 4 is 11.0 Å². The molecule has 2 heterocycles. The average molecular weight is 471 g/mol. The molecule has 4 aromatic rings. The number of fused-ring (bicyclic) bond motifs is 1. The molecule has 1 saturated heterocycles. The zero-order chi connectivity index (χ0) is 24.4. The molecule has 1 aromatic heterocycles. The first-order valence-corrected chi connectivity index (χ1v) is 11.9. The fourth-order valence-corrected chi connectivity index (χ4v) is 4.83. The molecule has 0 aliphatic carbocycles. The summed E-state index contributed by atoms with van der Waals surface area (Å²) in [7, 11) is 1.61. The first-order valence-electron chi connectivity index (χ1n) is 11.9. The van der Waals surface area contributed by atoms with Crippen molar-refractivity contribution < 1.29 is 14.3 Å². The maximum Gasteiger partial charge on any atom is 0.200 e. The molecule has 3 aromatic carbocycles. The summed E-state index contributed by atoms with van der Waals surface area (Å²) in [5.41, 5.74) is 3.67. The number of ether oxygens (including phenoxy) is 1. The minimum atomic E-state index is -0.0946. The Morgan fingerprint density at radius 3 is 2.20 bits per heavy atom. The monoisotopic (exact) mass is 470 g/mol. The number of aryl methyl sites for hydroxylation is 1. The van der Waals surface area contributed by atoms with Crippen molar-refractivity contribution in [2.24, 2.45) is 0 Å². The van der Waals surface area contributed by atoms with E-state index in [0.29, 0.717) is 34.4 Å². The Morgan fingerprint density at radius 1 is 0.886 bits per heavy atom. The molecular formula is C29H30N2O4. The van der Waals surface area contributed by atoms with E-state index in [4.69, 9.17) is 9.15 Å². The van der Waals surface area contributed by atoms with E-state index in [-0.39, 0.29) is 11.2 Å². The first kappa shape index (κ1) is 23.1. The number of piperazine rings is 1. The van der Waals surface area contributed by atoms with Gasteiger partial charge in [-0.1, -0.05) is 42.5 Å². The van der Waals surface area contributed by atoms with Gasteiger partial charge < -0.3 is 14.3 Å². The molecule has 0 spiro atoms. The number of nitrogens with zero attached hydrogens (tertiary/aromatic N) is 2. The van der Waals surface area contributed by atoms with Gasteiger partial charge in [0.15, 0.2) is 0 Å². The smallest absolute Gasteiger partial charge is 0.200 e. The van der Waals surface area contributed by atoms with Crippen LogP contribution in [0.4, 0.5) is 0 Å². The fourth-order valence-electron chi connectivity index (χ4n) is 4.83. The molecule has 6 heteroatoms. The van der Waals surface area contributed by atoms with E-state index in [0.717, 1.165) is 44.0 Å². The lowest BCUT2D eigenvalue weighted by molar-refractivity contribution is 0.121. The van der Waals surface area contributed by atoms with Crippen LogP contribution in [0.2, 0.25) is 0 Å². The minimum absolute atomic E-state index is 0.0946. The van der Waals surface area contributed by atoms with Gasteiger partial charge in [-0.3, -0.25) is 14.6 Å². The SMILES string of the molecule is COc1ccc(-c2c(C)oc3c(CN4CCN(Cc5ccccc5)CC4)c(O)ccc3c2=O)cc1. The highest BCUT2D eigenvalue weighted by Crippen LogP contribution is 2.32. The van der Waals surface area contributed by atoms with Crippen LogP contribution in [-0.2, 0) is 13.1 Å². The van der Waals surface area contributed by atoms with Gasteiger partial charge in [0.2, 0.25) is 5.43 Å². The van der Waals surface area contributed by atoms with Gasteiger partial charge in [-0.2, -0.15) is 0 Å². The molecular weight excluding hydrogens is 440 g/mol. The summed E-state index contributed by atoms with van der Waals surface area (Å²) in [5.74, 6) is 1.42. The van der Waals surface area contributed by atoms with Crippen molar-refractivity contribution in [3.8, 4) is 22.6 Å². The standard InChI is InChI=1S/C29H30N2O4/c1-20-27(22-8-10-23(34-2)11-9-22)28(33)24-12-13-26(32)25(29(24)35-20)19-31-16-14-30(15-17-31)18-21-6-4-3-5-7-21/h3-13,32H,14-19H2,1-2H3. The maximum absolute atomic E-state index is 13.5. The molecule has 1 N–H and O–H groups in total. The third kappa shape index (κ3) is 4.81. The molecule has 1 fully saturated rings. The third-order valence-electron chi connectivity index (χ3n) is 6.79. The number of rotatable bonds is 6. The topological polar surface area (TPSA) is 66.2 Å². The molecule has 1 aliphatic rings. The van der Waals surface area contributed by atoms with Crippen molar-refractivity contribution in [1.82, 2.24) is 9.80 Å². The molecule has 0 amide bonds. The number of hydrogen-bond acceptors (Lipinski definition) is 6. The molecule has 0 saturated carbocycles. The molecule has 0 radical (unpaired) electrons. The van der Waals surface area contributed by atoms with Crippen molar-refractivity contribution in [3.05, 3.63) is 93.8 Å². The predicted molar refractivity (Wildman–Crippen MR) is 138 cm³/mol. The van der Waals surface area contributed by atoms with Crippen LogP contribution >= 0.6 is 0 Å². The van der Waals surface area contributed by atoms with E-state index in [2.05, 4.69) is 34.1 Å². The van der Waals surface area contributed by atoms with Gasteiger partial charge in [0.05, 0.1) is 23.6 Å². The number of aromatic hydroxyl groups is 1. The molecule has 6 nitrogen and oxygen atoms in total. The lowest BCUT2D eigenvalue weighted by Gasteiger charge is -2.34. The highest BCUT2D eigenvalue weighted by atomic mass is 16.5. The number of hydrogen-bond donors (Lipinski definition) is 1. The molecule has 0 bridgehead atoms. The van der Waals surface area contributed by atoms with Crippen LogP contribution in [-0.4, -0.2) is 48.2 Å². The van der Waals surface area contributed by atoms with Crippen LogP contribution in [0.5, 0.6) is 11.5 Å². The minimum Gasteiger partial charge on any atom is -0.507 e. The van der Waals surface area contributed by atoms with Gasteiger partial charge in [0.1, 0.15) is 22.8 Å². The third-order valence-corrected chi connectivity index (χ3v) is 6.79. The molecule has 1 aliphatic heterocycles. The van der Waals surface area contributed by atoms with Gasteiger partial charge in [0.25, 0.3) is 0 Å². The van der Waals surface area contributed by atoms with Crippen molar-refractivity contribution in [3.63, 3.8) is 0 Å². The normalized spacial score (nSPS) is 14.9. The van der Waals surface area contributed by atoms with E-state index in [1.165, 1.54) is 5.56 Å². The van der Waals surface area contributed by atoms with Crippen LogP contribution in [0.1, 0.15) is 16.9 Å². The summed E-state index contributed by atoms with van der Waals surface area (Å²) >= 11 is 0. The highest BCUT2D eigenvalue weighted by molar-refractivity contribution is 5.86. The quantitative estimate of drug-likeness (QED) is 0.437. The van der Waals surface area contributed by atoms with E-state index in [1.54, 1.807) is 26.2 Å². The Bertz CT molecular complexity index is 1370. The Balaban J connectivity index is 1.39. The van der Waals surface area contributed by atoms with E-state index >= 15 is 0 Å². The van der Waals surface area contributed by atoms with E-state index in [1.807, 2.05) is 30.3 Å². The largest absolute Gasteiger partial charge is 0.507 e. The summed E-state index contributed by atoms with van der Waals surface area (Å²) in [5, 5.41) is 11.2. The van der Waals surface area contributed by atoms with Gasteiger partial charge in [-0.15, -0.1) is 0 Å². The van der Waals surface area contributed by atoms with Gasteiger partial charge in [-0.05, 0) is 42.3 Å². The second-order valence-corrected chi connectivity index (χ2v) is 9.07. The summed E-state index contributed by atoms with van der Waals surface area (Å²) in [6, 6.07) is 21.2. The van der Waals surface area contributed by atoms with Crippen LogP contribution < -0.4 is 10.2 Å². The van der Waals surface area contributed by atoms with Crippen LogP contribution in [0.15, 0.2) is 75.9 Å². The van der Waals surface area contributed by atoms with Gasteiger partial charge >= 0.3 is 0 Å². The Morgan fingerprint density at radius 2 is 1.54 bits per heavy atom. The van der Waals surface area contributed by atoms with Gasteiger partial charge in [0, 0.05) is 39.3 Å². The second kappa shape index (κ2) is 9.94. The lowest BCUT2D eigenvalue weighted by Crippen LogP contribution is -2.45. The number of phenolic OH excluding ortho intramolecular Hbond substituents is 1. The summed E-state index contributed by atoms with van der Waals surface area (Å²) in [4.78, 5) is 18.2. The average Bonchev–Trinajstić information content (AvgIpc) is 2.88. The number of methoxy groups -OCH3 is 1. The summed E-state index contributed by atoms with van der Waals surface area (Å²) in [6.07, 6.45) is 0. The van der Waals surface area contributed by atoms with Crippen LogP contribution in [0.3, 0.4) is 0 Å².